The molecule has 0 fully saturated rings. The second-order valence-corrected chi connectivity index (χ2v) is 3.64. The first kappa shape index (κ1) is 11.0. The monoisotopic (exact) mass is 194 g/mol. The predicted molar refractivity (Wildman–Crippen MR) is 56.2 cm³/mol. The number of hydrogen-bond acceptors (Lipinski definition) is 2. The van der Waals surface area contributed by atoms with Gasteiger partial charge in [0, 0.05) is 6.20 Å². The van der Waals surface area contributed by atoms with Crippen molar-refractivity contribution in [1.82, 2.24) is 9.78 Å². The van der Waals surface area contributed by atoms with Crippen LogP contribution < -0.4 is 0 Å². The van der Waals surface area contributed by atoms with Crippen molar-refractivity contribution in [1.29, 1.82) is 0 Å². The number of ketones is 1. The standard InChI is InChI=1S/C11H18N2O/c1-4-11(5-2)13-7-6-10(12-13)8-9(3)14/h6-7,11H,4-5,8H2,1-3H3. The molecule has 0 aliphatic rings. The first-order valence-electron chi connectivity index (χ1n) is 5.20. The zero-order valence-corrected chi connectivity index (χ0v) is 9.16. The molecule has 0 bridgehead atoms. The molecule has 78 valence electrons. The Bertz CT molecular complexity index is 300. The minimum Gasteiger partial charge on any atom is -0.300 e. The Hall–Kier alpha value is -1.12. The Morgan fingerprint density at radius 2 is 2.14 bits per heavy atom. The maximum Gasteiger partial charge on any atom is 0.135 e. The number of rotatable bonds is 5. The SMILES string of the molecule is CCC(CC)n1ccc(CC(C)=O)n1. The molecule has 0 unspecified atom stereocenters. The van der Waals surface area contributed by atoms with Crippen molar-refractivity contribution in [2.45, 2.75) is 46.1 Å². The predicted octanol–water partition coefficient (Wildman–Crippen LogP) is 2.38. The molecule has 0 aliphatic carbocycles. The molecule has 1 heterocycles. The number of carbonyl (C=O) groups excluding carboxylic acids is 1. The van der Waals surface area contributed by atoms with Crippen LogP contribution in [-0.2, 0) is 11.2 Å². The van der Waals surface area contributed by atoms with Crippen LogP contribution in [-0.4, -0.2) is 15.6 Å². The van der Waals surface area contributed by atoms with Crippen LogP contribution in [0.5, 0.6) is 0 Å². The molecule has 0 atom stereocenters. The van der Waals surface area contributed by atoms with Crippen LogP contribution in [0, 0.1) is 0 Å². The van der Waals surface area contributed by atoms with Crippen LogP contribution in [0.4, 0.5) is 0 Å². The van der Waals surface area contributed by atoms with Gasteiger partial charge in [-0.25, -0.2) is 0 Å². The summed E-state index contributed by atoms with van der Waals surface area (Å²) in [5.41, 5.74) is 0.879. The highest BCUT2D eigenvalue weighted by molar-refractivity contribution is 5.77. The van der Waals surface area contributed by atoms with Crippen molar-refractivity contribution in [3.05, 3.63) is 18.0 Å². The Balaban J connectivity index is 2.71. The molecule has 1 aromatic rings. The zero-order valence-electron chi connectivity index (χ0n) is 9.16. The maximum absolute atomic E-state index is 10.9. The maximum atomic E-state index is 10.9. The largest absolute Gasteiger partial charge is 0.300 e. The van der Waals surface area contributed by atoms with E-state index >= 15 is 0 Å². The van der Waals surface area contributed by atoms with Gasteiger partial charge >= 0.3 is 0 Å². The van der Waals surface area contributed by atoms with Gasteiger partial charge in [-0.1, -0.05) is 13.8 Å². The summed E-state index contributed by atoms with van der Waals surface area (Å²) >= 11 is 0. The molecule has 0 aromatic carbocycles. The third-order valence-corrected chi connectivity index (χ3v) is 2.41. The smallest absolute Gasteiger partial charge is 0.135 e. The van der Waals surface area contributed by atoms with Crippen LogP contribution in [0.2, 0.25) is 0 Å². The van der Waals surface area contributed by atoms with E-state index in [0.29, 0.717) is 12.5 Å². The Morgan fingerprint density at radius 1 is 1.50 bits per heavy atom. The lowest BCUT2D eigenvalue weighted by Crippen LogP contribution is -2.08. The molecule has 1 aromatic heterocycles. The molecule has 0 spiro atoms. The van der Waals surface area contributed by atoms with Crippen molar-refractivity contribution >= 4 is 5.78 Å². The van der Waals surface area contributed by atoms with Crippen LogP contribution in [0.15, 0.2) is 12.3 Å². The summed E-state index contributed by atoms with van der Waals surface area (Å²) in [5.74, 6) is 0.166. The third kappa shape index (κ3) is 2.69. The van der Waals surface area contributed by atoms with E-state index in [1.165, 1.54) is 0 Å². The second-order valence-electron chi connectivity index (χ2n) is 3.64. The summed E-state index contributed by atoms with van der Waals surface area (Å²) in [7, 11) is 0. The minimum absolute atomic E-state index is 0.166. The summed E-state index contributed by atoms with van der Waals surface area (Å²) in [6.07, 6.45) is 4.58. The fourth-order valence-electron chi connectivity index (χ4n) is 1.59. The molecule has 0 saturated carbocycles. The molecule has 3 heteroatoms. The fraction of sp³-hybridized carbons (Fsp3) is 0.636. The van der Waals surface area contributed by atoms with Crippen molar-refractivity contribution < 1.29 is 4.79 Å². The molecule has 14 heavy (non-hydrogen) atoms. The lowest BCUT2D eigenvalue weighted by atomic mass is 10.2. The highest BCUT2D eigenvalue weighted by Crippen LogP contribution is 2.14. The van der Waals surface area contributed by atoms with Gasteiger partial charge in [0.25, 0.3) is 0 Å². The molecule has 3 nitrogen and oxygen atoms in total. The first-order valence-corrected chi connectivity index (χ1v) is 5.20. The van der Waals surface area contributed by atoms with E-state index in [2.05, 4.69) is 18.9 Å². The molecular formula is C11H18N2O. The van der Waals surface area contributed by atoms with Gasteiger partial charge in [0.15, 0.2) is 0 Å². The molecule has 1 rings (SSSR count). The fourth-order valence-corrected chi connectivity index (χ4v) is 1.59. The van der Waals surface area contributed by atoms with Crippen molar-refractivity contribution in [3.63, 3.8) is 0 Å². The highest BCUT2D eigenvalue weighted by atomic mass is 16.1. The van der Waals surface area contributed by atoms with E-state index in [-0.39, 0.29) is 5.78 Å². The minimum atomic E-state index is 0.166. The molecule has 0 aliphatic heterocycles. The van der Waals surface area contributed by atoms with E-state index in [0.717, 1.165) is 18.5 Å². The summed E-state index contributed by atoms with van der Waals surface area (Å²) in [5, 5.41) is 4.39. The third-order valence-electron chi connectivity index (χ3n) is 2.41. The Kier molecular flexibility index (Phi) is 3.86. The number of hydrogen-bond donors (Lipinski definition) is 0. The van der Waals surface area contributed by atoms with Crippen molar-refractivity contribution in [2.24, 2.45) is 0 Å². The van der Waals surface area contributed by atoms with Crippen LogP contribution in [0.1, 0.15) is 45.3 Å². The molecular weight excluding hydrogens is 176 g/mol. The normalized spacial score (nSPS) is 10.9. The zero-order chi connectivity index (χ0) is 10.6. The molecule has 0 N–H and O–H groups in total. The van der Waals surface area contributed by atoms with Crippen LogP contribution >= 0.6 is 0 Å². The number of aromatic nitrogens is 2. The molecule has 0 radical (unpaired) electrons. The van der Waals surface area contributed by atoms with E-state index in [1.807, 2.05) is 16.9 Å². The number of Topliss-reactive ketones (excluding diaryl/α,β-unsaturated/α-hetero) is 1. The van der Waals surface area contributed by atoms with Crippen LogP contribution in [0.3, 0.4) is 0 Å². The van der Waals surface area contributed by atoms with Gasteiger partial charge in [0.05, 0.1) is 18.2 Å². The van der Waals surface area contributed by atoms with Crippen LogP contribution in [0.25, 0.3) is 0 Å². The average molecular weight is 194 g/mol. The summed E-state index contributed by atoms with van der Waals surface area (Å²) in [6.45, 7) is 5.90. The molecule has 0 saturated heterocycles. The molecule has 0 amide bonds. The topological polar surface area (TPSA) is 34.9 Å². The van der Waals surface area contributed by atoms with Gasteiger partial charge in [-0.05, 0) is 25.8 Å². The summed E-state index contributed by atoms with van der Waals surface area (Å²) in [4.78, 5) is 10.9. The van der Waals surface area contributed by atoms with Gasteiger partial charge in [0.1, 0.15) is 5.78 Å². The second kappa shape index (κ2) is 4.94. The van der Waals surface area contributed by atoms with E-state index < -0.39 is 0 Å². The average Bonchev–Trinajstić information content (AvgIpc) is 2.54. The van der Waals surface area contributed by atoms with Gasteiger partial charge in [0.2, 0.25) is 0 Å². The lowest BCUT2D eigenvalue weighted by Gasteiger charge is -2.12. The quantitative estimate of drug-likeness (QED) is 0.721. The first-order chi connectivity index (χ1) is 6.67. The number of nitrogens with zero attached hydrogens (tertiary/aromatic N) is 2. The highest BCUT2D eigenvalue weighted by Gasteiger charge is 2.08. The Labute approximate surface area is 85.1 Å². The number of carbonyl (C=O) groups is 1. The van der Waals surface area contributed by atoms with Gasteiger partial charge in [-0.2, -0.15) is 5.10 Å². The summed E-state index contributed by atoms with van der Waals surface area (Å²) < 4.78 is 1.97. The van der Waals surface area contributed by atoms with E-state index in [9.17, 15) is 4.79 Å². The van der Waals surface area contributed by atoms with Gasteiger partial charge in [-0.15, -0.1) is 0 Å². The van der Waals surface area contributed by atoms with Crippen molar-refractivity contribution in [2.75, 3.05) is 0 Å². The van der Waals surface area contributed by atoms with Gasteiger partial charge < -0.3 is 0 Å². The van der Waals surface area contributed by atoms with Crippen molar-refractivity contribution in [3.8, 4) is 0 Å². The lowest BCUT2D eigenvalue weighted by molar-refractivity contribution is -0.116. The summed E-state index contributed by atoms with van der Waals surface area (Å²) in [6, 6.07) is 2.40. The Morgan fingerprint density at radius 3 is 2.64 bits per heavy atom. The van der Waals surface area contributed by atoms with E-state index in [1.54, 1.807) is 6.92 Å². The van der Waals surface area contributed by atoms with Gasteiger partial charge in [-0.3, -0.25) is 9.48 Å². The van der Waals surface area contributed by atoms with E-state index in [4.69, 9.17) is 0 Å².